The Morgan fingerprint density at radius 2 is 1.93 bits per heavy atom. The Kier molecular flexibility index (Phi) is 4.73. The number of carbonyl (C=O) groups excluding carboxylic acids is 4. The minimum Gasteiger partial charge on any atom is -0.461 e. The number of carbonyl (C=O) groups is 4. The van der Waals surface area contributed by atoms with Crippen molar-refractivity contribution < 1.29 is 23.9 Å². The van der Waals surface area contributed by atoms with Crippen molar-refractivity contribution in [1.82, 2.24) is 5.01 Å². The van der Waals surface area contributed by atoms with Gasteiger partial charge < -0.3 is 4.74 Å². The molecule has 2 aliphatic heterocycles. The molecule has 0 spiro atoms. The van der Waals surface area contributed by atoms with Gasteiger partial charge in [-0.3, -0.25) is 14.4 Å². The van der Waals surface area contributed by atoms with Crippen LogP contribution < -0.4 is 4.90 Å². The van der Waals surface area contributed by atoms with Gasteiger partial charge in [-0.2, -0.15) is 5.10 Å². The summed E-state index contributed by atoms with van der Waals surface area (Å²) in [6.07, 6.45) is 0. The van der Waals surface area contributed by atoms with Crippen LogP contribution in [0.4, 0.5) is 5.69 Å². The number of imide groups is 1. The van der Waals surface area contributed by atoms with Crippen molar-refractivity contribution in [1.29, 1.82) is 0 Å². The molecule has 2 aliphatic rings. The number of nitrogens with zero attached hydrogens (tertiary/aromatic N) is 3. The molecule has 3 amide bonds. The maximum atomic E-state index is 13.2. The zero-order valence-electron chi connectivity index (χ0n) is 14.7. The van der Waals surface area contributed by atoms with Crippen molar-refractivity contribution in [2.45, 2.75) is 26.3 Å². The van der Waals surface area contributed by atoms with Crippen LogP contribution in [0.15, 0.2) is 23.3 Å². The van der Waals surface area contributed by atoms with Gasteiger partial charge in [-0.15, -0.1) is 0 Å². The molecule has 1 aromatic carbocycles. The van der Waals surface area contributed by atoms with E-state index >= 15 is 0 Å². The summed E-state index contributed by atoms with van der Waals surface area (Å²) in [6, 6.07) is 4.26. The molecule has 8 nitrogen and oxygen atoms in total. The standard InChI is InChI=1S/C17H15Cl2N3O5/c1-4-27-15(25)13-12-14(24)21(9-5-6-10(18)11(19)7-9)16(26)17(12,3)22(20-13)8(2)23/h5-7,12H,4H2,1-3H3. The summed E-state index contributed by atoms with van der Waals surface area (Å²) in [7, 11) is 0. The number of rotatable bonds is 3. The van der Waals surface area contributed by atoms with E-state index in [1.165, 1.54) is 32.0 Å². The van der Waals surface area contributed by atoms with E-state index in [9.17, 15) is 19.2 Å². The normalized spacial score (nSPS) is 24.2. The highest BCUT2D eigenvalue weighted by atomic mass is 35.5. The Balaban J connectivity index is 2.12. The number of hydrazone groups is 1. The van der Waals surface area contributed by atoms with Crippen molar-refractivity contribution >= 4 is 58.3 Å². The smallest absolute Gasteiger partial charge is 0.355 e. The van der Waals surface area contributed by atoms with Crippen molar-refractivity contribution in [3.05, 3.63) is 28.2 Å². The van der Waals surface area contributed by atoms with Crippen molar-refractivity contribution in [3.8, 4) is 0 Å². The molecule has 0 saturated carbocycles. The topological polar surface area (TPSA) is 96.3 Å². The Bertz CT molecular complexity index is 916. The van der Waals surface area contributed by atoms with Gasteiger partial charge in [-0.25, -0.2) is 14.7 Å². The SMILES string of the molecule is CCOC(=O)C1=NN(C(C)=O)C2(C)C(=O)N(c3ccc(Cl)c(Cl)c3)C(=O)C12. The fraction of sp³-hybridized carbons (Fsp3) is 0.353. The molecule has 0 aromatic heterocycles. The first-order valence-corrected chi connectivity index (χ1v) is 8.80. The van der Waals surface area contributed by atoms with Gasteiger partial charge in [0.15, 0.2) is 11.3 Å². The lowest BCUT2D eigenvalue weighted by molar-refractivity contribution is -0.142. The molecule has 3 rings (SSSR count). The lowest BCUT2D eigenvalue weighted by Gasteiger charge is -2.28. The van der Waals surface area contributed by atoms with Crippen LogP contribution in [0.3, 0.4) is 0 Å². The van der Waals surface area contributed by atoms with E-state index in [1.54, 1.807) is 6.92 Å². The van der Waals surface area contributed by atoms with E-state index in [4.69, 9.17) is 27.9 Å². The number of halogens is 2. The van der Waals surface area contributed by atoms with Crippen LogP contribution in [0.1, 0.15) is 20.8 Å². The Morgan fingerprint density at radius 3 is 2.48 bits per heavy atom. The average molecular weight is 412 g/mol. The quantitative estimate of drug-likeness (QED) is 0.559. The Hall–Kier alpha value is -2.45. The minimum absolute atomic E-state index is 0.0556. The highest BCUT2D eigenvalue weighted by Crippen LogP contribution is 2.44. The van der Waals surface area contributed by atoms with Crippen LogP contribution in [0.5, 0.6) is 0 Å². The number of hydrogen-bond acceptors (Lipinski definition) is 6. The number of ether oxygens (including phenoxy) is 1. The number of anilines is 1. The van der Waals surface area contributed by atoms with Crippen LogP contribution in [0.25, 0.3) is 0 Å². The first kappa shape index (κ1) is 19.3. The summed E-state index contributed by atoms with van der Waals surface area (Å²) >= 11 is 11.9. The van der Waals surface area contributed by atoms with E-state index in [2.05, 4.69) is 5.10 Å². The van der Waals surface area contributed by atoms with Gasteiger partial charge in [0, 0.05) is 6.92 Å². The minimum atomic E-state index is -1.67. The Labute approximate surface area is 164 Å². The summed E-state index contributed by atoms with van der Waals surface area (Å²) in [4.78, 5) is 51.5. The Morgan fingerprint density at radius 1 is 1.26 bits per heavy atom. The summed E-state index contributed by atoms with van der Waals surface area (Å²) in [5, 5.41) is 5.20. The molecule has 27 heavy (non-hydrogen) atoms. The molecule has 0 N–H and O–H groups in total. The van der Waals surface area contributed by atoms with Gasteiger partial charge in [0.05, 0.1) is 22.3 Å². The van der Waals surface area contributed by atoms with Crippen molar-refractivity contribution in [3.63, 3.8) is 0 Å². The molecule has 2 heterocycles. The summed E-state index contributed by atoms with van der Waals surface area (Å²) in [6.45, 7) is 4.24. The second-order valence-corrected chi connectivity index (χ2v) is 7.01. The molecule has 1 saturated heterocycles. The highest BCUT2D eigenvalue weighted by molar-refractivity contribution is 6.48. The van der Waals surface area contributed by atoms with E-state index < -0.39 is 35.1 Å². The second kappa shape index (κ2) is 6.61. The van der Waals surface area contributed by atoms with Crippen LogP contribution in [0, 0.1) is 5.92 Å². The van der Waals surface area contributed by atoms with E-state index in [0.29, 0.717) is 0 Å². The lowest BCUT2D eigenvalue weighted by atomic mass is 9.85. The second-order valence-electron chi connectivity index (χ2n) is 6.19. The van der Waals surface area contributed by atoms with E-state index in [-0.39, 0.29) is 28.1 Å². The summed E-state index contributed by atoms with van der Waals surface area (Å²) in [5.74, 6) is -4.11. The number of hydrogen-bond donors (Lipinski definition) is 0. The van der Waals surface area contributed by atoms with E-state index in [1.807, 2.05) is 0 Å². The van der Waals surface area contributed by atoms with Gasteiger partial charge in [0.2, 0.25) is 11.8 Å². The maximum Gasteiger partial charge on any atom is 0.355 e. The zero-order chi connectivity index (χ0) is 20.1. The van der Waals surface area contributed by atoms with Gasteiger partial charge in [-0.05, 0) is 32.0 Å². The van der Waals surface area contributed by atoms with Gasteiger partial charge >= 0.3 is 5.97 Å². The molecule has 0 aliphatic carbocycles. The third-order valence-corrected chi connectivity index (χ3v) is 5.27. The molecule has 2 unspecified atom stereocenters. The summed E-state index contributed by atoms with van der Waals surface area (Å²) < 4.78 is 4.94. The third kappa shape index (κ3) is 2.71. The highest BCUT2D eigenvalue weighted by Gasteiger charge is 2.67. The van der Waals surface area contributed by atoms with E-state index in [0.717, 1.165) is 9.91 Å². The summed E-state index contributed by atoms with van der Waals surface area (Å²) in [5.41, 5.74) is -1.77. The fourth-order valence-electron chi connectivity index (χ4n) is 3.31. The molecular weight excluding hydrogens is 397 g/mol. The first-order valence-electron chi connectivity index (χ1n) is 8.04. The number of benzene rings is 1. The van der Waals surface area contributed by atoms with Crippen molar-refractivity contribution in [2.24, 2.45) is 11.0 Å². The van der Waals surface area contributed by atoms with Gasteiger partial charge in [0.1, 0.15) is 5.92 Å². The van der Waals surface area contributed by atoms with Crippen LogP contribution in [-0.4, -0.2) is 46.6 Å². The van der Waals surface area contributed by atoms with Crippen LogP contribution in [0.2, 0.25) is 10.0 Å². The van der Waals surface area contributed by atoms with Crippen molar-refractivity contribution in [2.75, 3.05) is 11.5 Å². The predicted molar refractivity (Wildman–Crippen MR) is 97.4 cm³/mol. The zero-order valence-corrected chi connectivity index (χ0v) is 16.2. The third-order valence-electron chi connectivity index (χ3n) is 4.53. The molecule has 0 radical (unpaired) electrons. The number of esters is 1. The maximum absolute atomic E-state index is 13.2. The fourth-order valence-corrected chi connectivity index (χ4v) is 3.61. The first-order chi connectivity index (χ1) is 12.6. The molecular formula is C17H15Cl2N3O5. The largest absolute Gasteiger partial charge is 0.461 e. The van der Waals surface area contributed by atoms with Gasteiger partial charge in [-0.1, -0.05) is 23.2 Å². The molecule has 1 fully saturated rings. The molecule has 0 bridgehead atoms. The molecule has 142 valence electrons. The van der Waals surface area contributed by atoms with Crippen LogP contribution in [-0.2, 0) is 23.9 Å². The molecule has 10 heteroatoms. The average Bonchev–Trinajstić information content (AvgIpc) is 3.01. The predicted octanol–water partition coefficient (Wildman–Crippen LogP) is 2.02. The monoisotopic (exact) mass is 411 g/mol. The van der Waals surface area contributed by atoms with Crippen LogP contribution >= 0.6 is 23.2 Å². The molecule has 1 aromatic rings. The number of amides is 3. The molecule has 2 atom stereocenters. The lowest BCUT2D eigenvalue weighted by Crippen LogP contribution is -2.52. The van der Waals surface area contributed by atoms with Gasteiger partial charge in [0.25, 0.3) is 5.91 Å². The number of fused-ring (bicyclic) bond motifs is 1.